The van der Waals surface area contributed by atoms with Crippen molar-refractivity contribution in [3.8, 4) is 11.5 Å². The van der Waals surface area contributed by atoms with Gasteiger partial charge in [-0.1, -0.05) is 25.4 Å². The third kappa shape index (κ3) is 4.57. The SMILES string of the molecule is CCCOc1cc(OCCC)c(C(=O)C(C)Cl)cc1Cl. The number of rotatable bonds is 8. The molecule has 0 spiro atoms. The van der Waals surface area contributed by atoms with E-state index >= 15 is 0 Å². The summed E-state index contributed by atoms with van der Waals surface area (Å²) in [5.41, 5.74) is 0.398. The first kappa shape index (κ1) is 17.1. The first-order valence-corrected chi connectivity index (χ1v) is 7.60. The van der Waals surface area contributed by atoms with E-state index in [-0.39, 0.29) is 5.78 Å². The highest BCUT2D eigenvalue weighted by Crippen LogP contribution is 2.34. The molecule has 0 heterocycles. The summed E-state index contributed by atoms with van der Waals surface area (Å²) in [6, 6.07) is 3.24. The molecule has 0 fully saturated rings. The van der Waals surface area contributed by atoms with Gasteiger partial charge in [0.25, 0.3) is 0 Å². The average Bonchev–Trinajstić information content (AvgIpc) is 2.43. The second kappa shape index (κ2) is 8.38. The molecule has 3 nitrogen and oxygen atoms in total. The fourth-order valence-electron chi connectivity index (χ4n) is 1.60. The van der Waals surface area contributed by atoms with Gasteiger partial charge < -0.3 is 9.47 Å². The zero-order chi connectivity index (χ0) is 15.1. The lowest BCUT2D eigenvalue weighted by Crippen LogP contribution is -2.13. The van der Waals surface area contributed by atoms with Crippen LogP contribution in [0, 0.1) is 0 Å². The fourth-order valence-corrected chi connectivity index (χ4v) is 1.93. The van der Waals surface area contributed by atoms with Crippen LogP contribution in [-0.2, 0) is 0 Å². The minimum absolute atomic E-state index is 0.207. The maximum absolute atomic E-state index is 12.1. The molecular formula is C15H20Cl2O3. The summed E-state index contributed by atoms with van der Waals surface area (Å²) >= 11 is 12.0. The zero-order valence-corrected chi connectivity index (χ0v) is 13.6. The molecule has 0 aromatic heterocycles. The van der Waals surface area contributed by atoms with Crippen LogP contribution in [0.4, 0.5) is 0 Å². The summed E-state index contributed by atoms with van der Waals surface area (Å²) in [6.45, 7) is 6.71. The number of alkyl halides is 1. The Bertz CT molecular complexity index is 459. The van der Waals surface area contributed by atoms with Gasteiger partial charge >= 0.3 is 0 Å². The van der Waals surface area contributed by atoms with E-state index < -0.39 is 5.38 Å². The normalized spacial score (nSPS) is 12.1. The molecule has 1 atom stereocenters. The lowest BCUT2D eigenvalue weighted by molar-refractivity contribution is 0.0987. The first-order valence-electron chi connectivity index (χ1n) is 6.78. The van der Waals surface area contributed by atoms with Gasteiger partial charge in [0.05, 0.1) is 29.2 Å². The molecule has 0 amide bonds. The highest BCUT2D eigenvalue weighted by molar-refractivity contribution is 6.35. The topological polar surface area (TPSA) is 35.5 Å². The molecule has 1 aromatic carbocycles. The van der Waals surface area contributed by atoms with E-state index in [1.165, 1.54) is 0 Å². The van der Waals surface area contributed by atoms with Gasteiger partial charge in [0, 0.05) is 6.07 Å². The lowest BCUT2D eigenvalue weighted by Gasteiger charge is -2.15. The summed E-state index contributed by atoms with van der Waals surface area (Å²) in [5, 5.41) is -0.236. The molecule has 20 heavy (non-hydrogen) atoms. The van der Waals surface area contributed by atoms with Crippen LogP contribution in [0.5, 0.6) is 11.5 Å². The zero-order valence-electron chi connectivity index (χ0n) is 12.0. The molecule has 0 aliphatic carbocycles. The third-order valence-electron chi connectivity index (χ3n) is 2.58. The molecule has 0 aliphatic rings. The quantitative estimate of drug-likeness (QED) is 0.513. The number of benzene rings is 1. The van der Waals surface area contributed by atoms with Gasteiger partial charge in [0.1, 0.15) is 11.5 Å². The standard InChI is InChI=1S/C15H20Cl2O3/c1-4-6-19-13-9-14(20-7-5-2)12(17)8-11(13)15(18)10(3)16/h8-10H,4-7H2,1-3H3. The summed E-state index contributed by atoms with van der Waals surface area (Å²) < 4.78 is 11.2. The first-order chi connectivity index (χ1) is 9.51. The molecule has 0 N–H and O–H groups in total. The predicted octanol–water partition coefficient (Wildman–Crippen LogP) is 4.73. The minimum atomic E-state index is -0.627. The number of hydrogen-bond donors (Lipinski definition) is 0. The molecule has 0 radical (unpaired) electrons. The summed E-state index contributed by atoms with van der Waals surface area (Å²) in [4.78, 5) is 12.1. The van der Waals surface area contributed by atoms with Gasteiger partial charge in [-0.2, -0.15) is 0 Å². The second-order valence-corrected chi connectivity index (χ2v) is 5.52. The monoisotopic (exact) mass is 318 g/mol. The Morgan fingerprint density at radius 2 is 1.70 bits per heavy atom. The Balaban J connectivity index is 3.14. The number of Topliss-reactive ketones (excluding diaryl/α,β-unsaturated/α-hetero) is 1. The molecule has 0 bridgehead atoms. The Morgan fingerprint density at radius 3 is 2.20 bits per heavy atom. The van der Waals surface area contributed by atoms with Gasteiger partial charge in [0.15, 0.2) is 5.78 Å². The Kier molecular flexibility index (Phi) is 7.17. The fraction of sp³-hybridized carbons (Fsp3) is 0.533. The van der Waals surface area contributed by atoms with Gasteiger partial charge in [-0.25, -0.2) is 0 Å². The smallest absolute Gasteiger partial charge is 0.184 e. The number of ketones is 1. The molecule has 1 rings (SSSR count). The number of halogens is 2. The largest absolute Gasteiger partial charge is 0.493 e. The average molecular weight is 319 g/mol. The van der Waals surface area contributed by atoms with Crippen molar-refractivity contribution in [2.24, 2.45) is 0 Å². The predicted molar refractivity (Wildman–Crippen MR) is 82.7 cm³/mol. The van der Waals surface area contributed by atoms with Crippen molar-refractivity contribution in [1.82, 2.24) is 0 Å². The Morgan fingerprint density at radius 1 is 1.15 bits per heavy atom. The third-order valence-corrected chi connectivity index (χ3v) is 3.08. The lowest BCUT2D eigenvalue weighted by atomic mass is 10.1. The van der Waals surface area contributed by atoms with E-state index in [0.29, 0.717) is 35.3 Å². The number of hydrogen-bond acceptors (Lipinski definition) is 3. The van der Waals surface area contributed by atoms with Crippen molar-refractivity contribution in [1.29, 1.82) is 0 Å². The molecule has 1 aromatic rings. The summed E-state index contributed by atoms with van der Waals surface area (Å²) in [5.74, 6) is 0.792. The van der Waals surface area contributed by atoms with Crippen LogP contribution in [0.15, 0.2) is 12.1 Å². The molecular weight excluding hydrogens is 299 g/mol. The van der Waals surface area contributed by atoms with E-state index in [1.807, 2.05) is 13.8 Å². The van der Waals surface area contributed by atoms with Crippen LogP contribution in [0.2, 0.25) is 5.02 Å². The van der Waals surface area contributed by atoms with Gasteiger partial charge in [-0.15, -0.1) is 11.6 Å². The Labute approximate surface area is 130 Å². The van der Waals surface area contributed by atoms with Gasteiger partial charge in [0.2, 0.25) is 0 Å². The van der Waals surface area contributed by atoms with Crippen molar-refractivity contribution in [3.05, 3.63) is 22.7 Å². The van der Waals surface area contributed by atoms with E-state index in [0.717, 1.165) is 12.8 Å². The van der Waals surface area contributed by atoms with Crippen molar-refractivity contribution in [3.63, 3.8) is 0 Å². The number of ether oxygens (including phenoxy) is 2. The summed E-state index contributed by atoms with van der Waals surface area (Å²) in [7, 11) is 0. The summed E-state index contributed by atoms with van der Waals surface area (Å²) in [6.07, 6.45) is 1.72. The van der Waals surface area contributed by atoms with E-state index in [2.05, 4.69) is 0 Å². The van der Waals surface area contributed by atoms with Gasteiger partial charge in [-0.05, 0) is 25.8 Å². The Hall–Kier alpha value is -0.930. The maximum atomic E-state index is 12.1. The van der Waals surface area contributed by atoms with Crippen LogP contribution >= 0.6 is 23.2 Å². The van der Waals surface area contributed by atoms with Crippen LogP contribution < -0.4 is 9.47 Å². The van der Waals surface area contributed by atoms with Crippen LogP contribution in [-0.4, -0.2) is 24.4 Å². The van der Waals surface area contributed by atoms with Crippen molar-refractivity contribution in [2.75, 3.05) is 13.2 Å². The molecule has 0 saturated carbocycles. The molecule has 1 unspecified atom stereocenters. The molecule has 0 saturated heterocycles. The van der Waals surface area contributed by atoms with Crippen LogP contribution in [0.25, 0.3) is 0 Å². The van der Waals surface area contributed by atoms with Crippen molar-refractivity contribution in [2.45, 2.75) is 39.0 Å². The van der Waals surface area contributed by atoms with E-state index in [4.69, 9.17) is 32.7 Å². The van der Waals surface area contributed by atoms with Crippen molar-refractivity contribution < 1.29 is 14.3 Å². The molecule has 112 valence electrons. The van der Waals surface area contributed by atoms with Crippen molar-refractivity contribution >= 4 is 29.0 Å². The maximum Gasteiger partial charge on any atom is 0.184 e. The van der Waals surface area contributed by atoms with E-state index in [9.17, 15) is 4.79 Å². The second-order valence-electron chi connectivity index (χ2n) is 4.46. The number of carbonyl (C=O) groups is 1. The van der Waals surface area contributed by atoms with Crippen LogP contribution in [0.3, 0.4) is 0 Å². The number of carbonyl (C=O) groups excluding carboxylic acids is 1. The van der Waals surface area contributed by atoms with E-state index in [1.54, 1.807) is 19.1 Å². The molecule has 0 aliphatic heterocycles. The minimum Gasteiger partial charge on any atom is -0.493 e. The van der Waals surface area contributed by atoms with Crippen LogP contribution in [0.1, 0.15) is 44.0 Å². The highest BCUT2D eigenvalue weighted by atomic mass is 35.5. The molecule has 5 heteroatoms. The highest BCUT2D eigenvalue weighted by Gasteiger charge is 2.20. The van der Waals surface area contributed by atoms with Gasteiger partial charge in [-0.3, -0.25) is 4.79 Å².